The Morgan fingerprint density at radius 3 is 2.58 bits per heavy atom. The zero-order valence-corrected chi connectivity index (χ0v) is 20.8. The Morgan fingerprint density at radius 2 is 1.91 bits per heavy atom. The number of likely N-dealkylation sites (tertiary alicyclic amines) is 1. The molecule has 0 aliphatic carbocycles. The smallest absolute Gasteiger partial charge is 0.273 e. The van der Waals surface area contributed by atoms with Crippen LogP contribution in [0.15, 0.2) is 24.3 Å². The Kier molecular flexibility index (Phi) is 6.54. The highest BCUT2D eigenvalue weighted by atomic mass is 32.1. The van der Waals surface area contributed by atoms with E-state index < -0.39 is 0 Å². The molecule has 2 N–H and O–H groups in total. The van der Waals surface area contributed by atoms with Gasteiger partial charge in [0.15, 0.2) is 16.5 Å². The van der Waals surface area contributed by atoms with Crippen LogP contribution in [-0.2, 0) is 5.54 Å². The van der Waals surface area contributed by atoms with Crippen molar-refractivity contribution in [1.29, 1.82) is 0 Å². The summed E-state index contributed by atoms with van der Waals surface area (Å²) in [5.41, 5.74) is 2.25. The highest BCUT2D eigenvalue weighted by Crippen LogP contribution is 2.32. The maximum Gasteiger partial charge on any atom is 0.273 e. The highest BCUT2D eigenvalue weighted by molar-refractivity contribution is 7.22. The molecule has 1 fully saturated rings. The van der Waals surface area contributed by atoms with Crippen LogP contribution < -0.4 is 10.6 Å². The van der Waals surface area contributed by atoms with E-state index in [1.807, 2.05) is 39.8 Å². The summed E-state index contributed by atoms with van der Waals surface area (Å²) in [5, 5.41) is 11.0. The van der Waals surface area contributed by atoms with E-state index in [1.54, 1.807) is 16.8 Å². The fraction of sp³-hybridized carbons (Fsp3) is 0.500. The maximum absolute atomic E-state index is 13.1. The summed E-state index contributed by atoms with van der Waals surface area (Å²) >= 11 is 1.28. The maximum atomic E-state index is 13.1. The predicted molar refractivity (Wildman–Crippen MR) is 132 cm³/mol. The third-order valence-electron chi connectivity index (χ3n) is 6.01. The Labute approximate surface area is 198 Å². The lowest BCUT2D eigenvalue weighted by Gasteiger charge is -2.22. The number of hydrogen-bond donors (Lipinski definition) is 2. The summed E-state index contributed by atoms with van der Waals surface area (Å²) in [5.74, 6) is -0.431. The molecule has 1 aliphatic rings. The Morgan fingerprint density at radius 1 is 1.18 bits per heavy atom. The van der Waals surface area contributed by atoms with Gasteiger partial charge in [-0.2, -0.15) is 10.1 Å². The number of fused-ring (bicyclic) bond motifs is 1. The van der Waals surface area contributed by atoms with Crippen molar-refractivity contribution in [2.75, 3.05) is 25.0 Å². The lowest BCUT2D eigenvalue weighted by Crippen LogP contribution is -2.40. The van der Waals surface area contributed by atoms with E-state index in [9.17, 15) is 9.59 Å². The molecule has 8 nitrogen and oxygen atoms in total. The summed E-state index contributed by atoms with van der Waals surface area (Å²) in [6, 6.07) is 7.74. The van der Waals surface area contributed by atoms with Gasteiger partial charge in [0.2, 0.25) is 0 Å². The second kappa shape index (κ2) is 9.23. The highest BCUT2D eigenvalue weighted by Gasteiger charge is 2.29. The van der Waals surface area contributed by atoms with Crippen molar-refractivity contribution in [3.05, 3.63) is 41.1 Å². The van der Waals surface area contributed by atoms with Crippen LogP contribution in [0.3, 0.4) is 0 Å². The fourth-order valence-electron chi connectivity index (χ4n) is 4.18. The molecule has 0 spiro atoms. The van der Waals surface area contributed by atoms with Crippen LogP contribution in [-0.4, -0.2) is 57.2 Å². The average Bonchev–Trinajstić information content (AvgIpc) is 3.46. The molecule has 2 aromatic heterocycles. The fourth-order valence-corrected chi connectivity index (χ4v) is 5.11. The molecule has 2 amide bonds. The van der Waals surface area contributed by atoms with Crippen molar-refractivity contribution in [3.8, 4) is 0 Å². The summed E-state index contributed by atoms with van der Waals surface area (Å²) < 4.78 is 2.45. The SMILES string of the molecule is CCN1CCC[C@H]1CNC(=O)c1nn(C(C)(C)C)c2nc(NC(=O)c3ccc(C)cc3)sc12. The third kappa shape index (κ3) is 4.94. The van der Waals surface area contributed by atoms with Crippen molar-refractivity contribution in [1.82, 2.24) is 25.0 Å². The summed E-state index contributed by atoms with van der Waals surface area (Å²) in [7, 11) is 0. The van der Waals surface area contributed by atoms with Gasteiger partial charge >= 0.3 is 0 Å². The van der Waals surface area contributed by atoms with Gasteiger partial charge in [-0.05, 0) is 65.8 Å². The van der Waals surface area contributed by atoms with Crippen LogP contribution in [0.25, 0.3) is 10.3 Å². The van der Waals surface area contributed by atoms with Crippen LogP contribution in [0, 0.1) is 6.92 Å². The predicted octanol–water partition coefficient (Wildman–Crippen LogP) is 4.02. The van der Waals surface area contributed by atoms with Crippen molar-refractivity contribution in [2.24, 2.45) is 0 Å². The quantitative estimate of drug-likeness (QED) is 0.570. The van der Waals surface area contributed by atoms with Crippen LogP contribution >= 0.6 is 11.3 Å². The molecule has 1 atom stereocenters. The zero-order valence-electron chi connectivity index (χ0n) is 19.9. The number of nitrogens with zero attached hydrogens (tertiary/aromatic N) is 4. The molecule has 1 saturated heterocycles. The molecule has 3 aromatic rings. The number of anilines is 1. The molecular formula is C24H32N6O2S. The molecule has 0 saturated carbocycles. The van der Waals surface area contributed by atoms with Crippen molar-refractivity contribution in [2.45, 2.75) is 59.0 Å². The summed E-state index contributed by atoms with van der Waals surface area (Å²) in [6.07, 6.45) is 2.26. The van der Waals surface area contributed by atoms with Gasteiger partial charge in [-0.1, -0.05) is 36.0 Å². The number of likely N-dealkylation sites (N-methyl/N-ethyl adjacent to an activating group) is 1. The molecule has 0 unspecified atom stereocenters. The van der Waals surface area contributed by atoms with Gasteiger partial charge < -0.3 is 5.32 Å². The first-order chi connectivity index (χ1) is 15.7. The number of aryl methyl sites for hydroxylation is 1. The number of amides is 2. The second-order valence-corrected chi connectivity index (χ2v) is 10.6. The van der Waals surface area contributed by atoms with Crippen LogP contribution in [0.2, 0.25) is 0 Å². The number of hydrogen-bond acceptors (Lipinski definition) is 6. The van der Waals surface area contributed by atoms with Gasteiger partial charge in [0.1, 0.15) is 4.70 Å². The topological polar surface area (TPSA) is 92.2 Å². The van der Waals surface area contributed by atoms with Crippen LogP contribution in [0.5, 0.6) is 0 Å². The number of rotatable bonds is 6. The second-order valence-electron chi connectivity index (χ2n) is 9.56. The van der Waals surface area contributed by atoms with Gasteiger partial charge in [0.25, 0.3) is 11.8 Å². The van der Waals surface area contributed by atoms with Gasteiger partial charge in [-0.3, -0.25) is 19.8 Å². The van der Waals surface area contributed by atoms with Crippen molar-refractivity contribution >= 4 is 38.6 Å². The Balaban J connectivity index is 1.58. The number of benzene rings is 1. The van der Waals surface area contributed by atoms with E-state index in [1.165, 1.54) is 11.3 Å². The van der Waals surface area contributed by atoms with Gasteiger partial charge in [0.05, 0.1) is 5.54 Å². The summed E-state index contributed by atoms with van der Waals surface area (Å²) in [6.45, 7) is 12.9. The monoisotopic (exact) mass is 468 g/mol. The van der Waals surface area contributed by atoms with E-state index in [-0.39, 0.29) is 17.4 Å². The minimum Gasteiger partial charge on any atom is -0.349 e. The number of nitrogens with one attached hydrogen (secondary N) is 2. The Bertz CT molecular complexity index is 1160. The zero-order chi connectivity index (χ0) is 23.8. The lowest BCUT2D eigenvalue weighted by molar-refractivity contribution is 0.0935. The lowest BCUT2D eigenvalue weighted by atomic mass is 10.1. The molecule has 9 heteroatoms. The molecule has 4 rings (SSSR count). The van der Waals surface area contributed by atoms with E-state index >= 15 is 0 Å². The first kappa shape index (κ1) is 23.4. The number of aromatic nitrogens is 3. The molecule has 0 radical (unpaired) electrons. The van der Waals surface area contributed by atoms with E-state index in [0.29, 0.717) is 39.3 Å². The molecule has 3 heterocycles. The normalized spacial score (nSPS) is 16.9. The minimum absolute atomic E-state index is 0.203. The summed E-state index contributed by atoms with van der Waals surface area (Å²) in [4.78, 5) is 32.8. The largest absolute Gasteiger partial charge is 0.349 e. The standard InChI is InChI=1S/C24H32N6O2S/c1-6-29-13-7-8-17(29)14-25-22(32)18-19-20(30(28-18)24(3,4)5)26-23(33-19)27-21(31)16-11-9-15(2)10-12-16/h9-12,17H,6-8,13-14H2,1-5H3,(H,25,32)(H,26,27,31)/t17-/m0/s1. The van der Waals surface area contributed by atoms with E-state index in [4.69, 9.17) is 0 Å². The van der Waals surface area contributed by atoms with Crippen LogP contribution in [0.4, 0.5) is 5.13 Å². The number of carbonyl (C=O) groups is 2. The first-order valence-electron chi connectivity index (χ1n) is 11.5. The molecule has 176 valence electrons. The van der Waals surface area contributed by atoms with Gasteiger partial charge in [-0.25, -0.2) is 4.68 Å². The molecule has 33 heavy (non-hydrogen) atoms. The van der Waals surface area contributed by atoms with Gasteiger partial charge in [0, 0.05) is 18.2 Å². The molecule has 1 aliphatic heterocycles. The molecular weight excluding hydrogens is 436 g/mol. The molecule has 0 bridgehead atoms. The van der Waals surface area contributed by atoms with Gasteiger partial charge in [-0.15, -0.1) is 0 Å². The van der Waals surface area contributed by atoms with Crippen molar-refractivity contribution in [3.63, 3.8) is 0 Å². The Hall–Kier alpha value is -2.78. The van der Waals surface area contributed by atoms with E-state index in [0.717, 1.165) is 31.5 Å². The molecule has 1 aromatic carbocycles. The van der Waals surface area contributed by atoms with Crippen molar-refractivity contribution < 1.29 is 9.59 Å². The third-order valence-corrected chi connectivity index (χ3v) is 6.98. The van der Waals surface area contributed by atoms with E-state index in [2.05, 4.69) is 32.5 Å². The number of carbonyl (C=O) groups excluding carboxylic acids is 2. The minimum atomic E-state index is -0.368. The first-order valence-corrected chi connectivity index (χ1v) is 12.3. The van der Waals surface area contributed by atoms with Crippen LogP contribution in [0.1, 0.15) is 66.9 Å². The average molecular weight is 469 g/mol. The number of thiazole rings is 1.